The van der Waals surface area contributed by atoms with Gasteiger partial charge < -0.3 is 10.1 Å². The third-order valence-corrected chi connectivity index (χ3v) is 4.61. The van der Waals surface area contributed by atoms with Gasteiger partial charge in [-0.3, -0.25) is 9.59 Å². The number of azide groups is 1. The van der Waals surface area contributed by atoms with Crippen molar-refractivity contribution in [2.45, 2.75) is 69.5 Å². The standard InChI is InChI=1S/C16H26N6O4/c17-22-18-9-4-2-1-3-7-16(20-21-16)8-5-12(23)11-14(24)19-13-6-10-26-15(13)25/h13,20-21H,1-11H2,(H,19,24)/t13-/m0/s1. The fourth-order valence-corrected chi connectivity index (χ4v) is 2.96. The van der Waals surface area contributed by atoms with Gasteiger partial charge in [-0.1, -0.05) is 24.4 Å². The molecule has 144 valence electrons. The van der Waals surface area contributed by atoms with Gasteiger partial charge in [0.15, 0.2) is 0 Å². The average Bonchev–Trinajstić information content (AvgIpc) is 3.28. The number of esters is 1. The van der Waals surface area contributed by atoms with E-state index in [9.17, 15) is 14.4 Å². The quantitative estimate of drug-likeness (QED) is 0.0843. The van der Waals surface area contributed by atoms with Gasteiger partial charge in [-0.25, -0.2) is 15.6 Å². The van der Waals surface area contributed by atoms with Crippen LogP contribution in [0.1, 0.15) is 57.8 Å². The van der Waals surface area contributed by atoms with E-state index < -0.39 is 17.9 Å². The van der Waals surface area contributed by atoms with Gasteiger partial charge in [0, 0.05) is 24.3 Å². The first kappa shape index (κ1) is 20.2. The van der Waals surface area contributed by atoms with Gasteiger partial charge >= 0.3 is 5.97 Å². The molecule has 0 aromatic rings. The Kier molecular flexibility index (Phi) is 7.83. The second-order valence-electron chi connectivity index (χ2n) is 6.74. The molecule has 0 aromatic heterocycles. The summed E-state index contributed by atoms with van der Waals surface area (Å²) >= 11 is 0. The summed E-state index contributed by atoms with van der Waals surface area (Å²) in [6, 6.07) is -0.618. The van der Waals surface area contributed by atoms with Crippen molar-refractivity contribution in [3.63, 3.8) is 0 Å². The average molecular weight is 366 g/mol. The number of unbranched alkanes of at least 4 members (excludes halogenated alkanes) is 3. The zero-order valence-electron chi connectivity index (χ0n) is 14.8. The van der Waals surface area contributed by atoms with Gasteiger partial charge in [0.2, 0.25) is 5.91 Å². The first-order chi connectivity index (χ1) is 12.5. The van der Waals surface area contributed by atoms with Crippen LogP contribution >= 0.6 is 0 Å². The van der Waals surface area contributed by atoms with Gasteiger partial charge in [0.1, 0.15) is 11.8 Å². The predicted octanol–water partition coefficient (Wildman–Crippen LogP) is 1.22. The molecule has 1 atom stereocenters. The van der Waals surface area contributed by atoms with Gasteiger partial charge in [0.25, 0.3) is 0 Å². The largest absolute Gasteiger partial charge is 0.464 e. The lowest BCUT2D eigenvalue weighted by Gasteiger charge is -2.12. The minimum Gasteiger partial charge on any atom is -0.464 e. The highest BCUT2D eigenvalue weighted by molar-refractivity contribution is 5.99. The first-order valence-corrected chi connectivity index (χ1v) is 9.07. The van der Waals surface area contributed by atoms with E-state index in [1.807, 2.05) is 0 Å². The highest BCUT2D eigenvalue weighted by Crippen LogP contribution is 2.25. The molecule has 0 aliphatic carbocycles. The Morgan fingerprint density at radius 1 is 1.27 bits per heavy atom. The summed E-state index contributed by atoms with van der Waals surface area (Å²) in [5.41, 5.74) is 14.2. The molecule has 2 aliphatic rings. The van der Waals surface area contributed by atoms with E-state index in [4.69, 9.17) is 10.3 Å². The summed E-state index contributed by atoms with van der Waals surface area (Å²) in [5, 5.41) is 6.04. The van der Waals surface area contributed by atoms with E-state index in [0.717, 1.165) is 32.1 Å². The number of carbonyl (C=O) groups is 3. The van der Waals surface area contributed by atoms with Crippen LogP contribution in [-0.4, -0.2) is 42.5 Å². The van der Waals surface area contributed by atoms with Crippen molar-refractivity contribution in [3.05, 3.63) is 10.4 Å². The number of rotatable bonds is 13. The molecule has 2 rings (SSSR count). The molecule has 2 fully saturated rings. The third-order valence-electron chi connectivity index (χ3n) is 4.61. The van der Waals surface area contributed by atoms with E-state index in [1.54, 1.807) is 0 Å². The van der Waals surface area contributed by atoms with Crippen LogP contribution in [0.5, 0.6) is 0 Å². The summed E-state index contributed by atoms with van der Waals surface area (Å²) < 4.78 is 4.77. The maximum atomic E-state index is 12.0. The van der Waals surface area contributed by atoms with Crippen molar-refractivity contribution in [1.82, 2.24) is 16.2 Å². The Balaban J connectivity index is 1.55. The number of hydrazine groups is 1. The number of Topliss-reactive ketones (excluding diaryl/α,β-unsaturated/α-hetero) is 1. The fraction of sp³-hybridized carbons (Fsp3) is 0.812. The van der Waals surface area contributed by atoms with Crippen molar-refractivity contribution < 1.29 is 19.1 Å². The first-order valence-electron chi connectivity index (χ1n) is 9.07. The smallest absolute Gasteiger partial charge is 0.328 e. The number of hydrogen-bond acceptors (Lipinski definition) is 7. The Bertz CT molecular complexity index is 571. The molecule has 3 N–H and O–H groups in total. The number of hydrogen-bond donors (Lipinski definition) is 3. The highest BCUT2D eigenvalue weighted by atomic mass is 16.5. The van der Waals surface area contributed by atoms with Crippen LogP contribution in [0.25, 0.3) is 10.4 Å². The van der Waals surface area contributed by atoms with Crippen LogP contribution < -0.4 is 16.2 Å². The van der Waals surface area contributed by atoms with Gasteiger partial charge in [-0.15, -0.1) is 0 Å². The van der Waals surface area contributed by atoms with Crippen LogP contribution in [0, 0.1) is 0 Å². The molecule has 1 amide bonds. The number of nitrogens with zero attached hydrogens (tertiary/aromatic N) is 3. The Morgan fingerprint density at radius 3 is 2.69 bits per heavy atom. The summed E-state index contributed by atoms with van der Waals surface area (Å²) in [7, 11) is 0. The van der Waals surface area contributed by atoms with Crippen LogP contribution in [0.3, 0.4) is 0 Å². The zero-order valence-corrected chi connectivity index (χ0v) is 14.8. The summed E-state index contributed by atoms with van der Waals surface area (Å²) in [5.74, 6) is -1.00. The summed E-state index contributed by atoms with van der Waals surface area (Å²) in [4.78, 5) is 37.8. The third kappa shape index (κ3) is 6.99. The van der Waals surface area contributed by atoms with Crippen molar-refractivity contribution in [2.24, 2.45) is 5.11 Å². The van der Waals surface area contributed by atoms with E-state index in [-0.39, 0.29) is 17.9 Å². The molecule has 0 saturated carbocycles. The zero-order chi connectivity index (χ0) is 18.8. The monoisotopic (exact) mass is 366 g/mol. The molecule has 2 saturated heterocycles. The topological polar surface area (TPSA) is 165 Å². The van der Waals surface area contributed by atoms with Crippen molar-refractivity contribution in [3.8, 4) is 0 Å². The second kappa shape index (κ2) is 10.1. The van der Waals surface area contributed by atoms with Crippen LogP contribution in [-0.2, 0) is 19.1 Å². The molecule has 10 nitrogen and oxygen atoms in total. The van der Waals surface area contributed by atoms with Crippen LogP contribution in [0.15, 0.2) is 5.11 Å². The van der Waals surface area contributed by atoms with Crippen molar-refractivity contribution in [1.29, 1.82) is 0 Å². The number of nitrogens with one attached hydrogen (secondary N) is 3. The molecule has 0 unspecified atom stereocenters. The maximum Gasteiger partial charge on any atom is 0.328 e. The number of amides is 1. The van der Waals surface area contributed by atoms with E-state index in [2.05, 4.69) is 26.2 Å². The summed E-state index contributed by atoms with van der Waals surface area (Å²) in [6.07, 6.45) is 6.04. The molecular formula is C16H26N6O4. The molecule has 0 radical (unpaired) electrons. The summed E-state index contributed by atoms with van der Waals surface area (Å²) in [6.45, 7) is 0.844. The van der Waals surface area contributed by atoms with Crippen molar-refractivity contribution in [2.75, 3.05) is 13.2 Å². The molecular weight excluding hydrogens is 340 g/mol. The Hall–Kier alpha value is -2.16. The fourth-order valence-electron chi connectivity index (χ4n) is 2.96. The van der Waals surface area contributed by atoms with Crippen LogP contribution in [0.4, 0.5) is 0 Å². The van der Waals surface area contributed by atoms with E-state index in [0.29, 0.717) is 32.4 Å². The normalized spacial score (nSPS) is 20.2. The van der Waals surface area contributed by atoms with E-state index in [1.165, 1.54) is 0 Å². The van der Waals surface area contributed by atoms with Gasteiger partial charge in [-0.05, 0) is 24.8 Å². The maximum absolute atomic E-state index is 12.0. The lowest BCUT2D eigenvalue weighted by Crippen LogP contribution is -2.38. The predicted molar refractivity (Wildman–Crippen MR) is 92.5 cm³/mol. The number of cyclic esters (lactones) is 1. The van der Waals surface area contributed by atoms with Gasteiger partial charge in [0.05, 0.1) is 18.7 Å². The minimum absolute atomic E-state index is 0.141. The molecule has 0 spiro atoms. The molecule has 26 heavy (non-hydrogen) atoms. The lowest BCUT2D eigenvalue weighted by atomic mass is 9.98. The van der Waals surface area contributed by atoms with E-state index >= 15 is 0 Å². The molecule has 0 bridgehead atoms. The lowest BCUT2D eigenvalue weighted by molar-refractivity contribution is -0.142. The Morgan fingerprint density at radius 2 is 2.04 bits per heavy atom. The molecule has 2 aliphatic heterocycles. The molecule has 10 heteroatoms. The molecule has 0 aromatic carbocycles. The second-order valence-corrected chi connectivity index (χ2v) is 6.74. The SMILES string of the molecule is [N-]=[N+]=NCCCCCCC1(CCC(=O)CC(=O)N[C@H]2CCOC2=O)NN1. The van der Waals surface area contributed by atoms with Gasteiger partial charge in [-0.2, -0.15) is 0 Å². The molecule has 2 heterocycles. The Labute approximate surface area is 152 Å². The van der Waals surface area contributed by atoms with Crippen LogP contribution in [0.2, 0.25) is 0 Å². The number of carbonyl (C=O) groups excluding carboxylic acids is 3. The number of ether oxygens (including phenoxy) is 1. The minimum atomic E-state index is -0.618. The highest BCUT2D eigenvalue weighted by Gasteiger charge is 2.40. The van der Waals surface area contributed by atoms with Crippen molar-refractivity contribution >= 4 is 17.7 Å². The number of ketones is 1.